The molecule has 0 atom stereocenters. The zero-order valence-electron chi connectivity index (χ0n) is 16.1. The van der Waals surface area contributed by atoms with Crippen LogP contribution < -0.4 is 10.1 Å². The van der Waals surface area contributed by atoms with Crippen molar-refractivity contribution in [3.05, 3.63) is 65.5 Å². The number of nitrogens with zero attached hydrogens (tertiary/aromatic N) is 3. The van der Waals surface area contributed by atoms with Crippen molar-refractivity contribution in [2.75, 3.05) is 11.9 Å². The molecule has 0 radical (unpaired) electrons. The molecule has 1 N–H and O–H groups in total. The van der Waals surface area contributed by atoms with Crippen molar-refractivity contribution in [1.82, 2.24) is 15.0 Å². The first-order chi connectivity index (χ1) is 13.0. The van der Waals surface area contributed by atoms with E-state index in [1.54, 1.807) is 4.68 Å². The van der Waals surface area contributed by atoms with Gasteiger partial charge in [0.15, 0.2) is 5.69 Å². The smallest absolute Gasteiger partial charge is 0.278 e. The summed E-state index contributed by atoms with van der Waals surface area (Å²) in [4.78, 5) is 12.9. The minimum atomic E-state index is -0.301. The van der Waals surface area contributed by atoms with Gasteiger partial charge in [0.05, 0.1) is 23.7 Å². The highest BCUT2D eigenvalue weighted by molar-refractivity contribution is 6.04. The van der Waals surface area contributed by atoms with Gasteiger partial charge in [-0.1, -0.05) is 43.3 Å². The molecule has 6 heteroatoms. The number of ether oxygens (including phenoxy) is 1. The van der Waals surface area contributed by atoms with E-state index in [1.165, 1.54) is 0 Å². The van der Waals surface area contributed by atoms with Gasteiger partial charge in [0.1, 0.15) is 5.75 Å². The average Bonchev–Trinajstić information content (AvgIpc) is 3.09. The Morgan fingerprint density at radius 1 is 1.19 bits per heavy atom. The van der Waals surface area contributed by atoms with Crippen LogP contribution in [0.15, 0.2) is 48.5 Å². The first kappa shape index (κ1) is 18.6. The highest BCUT2D eigenvalue weighted by atomic mass is 16.5. The van der Waals surface area contributed by atoms with Crippen LogP contribution in [0, 0.1) is 6.92 Å². The molecule has 3 aromatic rings. The minimum absolute atomic E-state index is 0.0726. The molecule has 6 nitrogen and oxygen atoms in total. The molecule has 0 bridgehead atoms. The maximum Gasteiger partial charge on any atom is 0.278 e. The molecule has 0 aliphatic carbocycles. The topological polar surface area (TPSA) is 69.0 Å². The molecular formula is C21H24N4O2. The molecule has 0 unspecified atom stereocenters. The number of hydrogen-bond donors (Lipinski definition) is 1. The number of aryl methyl sites for hydroxylation is 1. The summed E-state index contributed by atoms with van der Waals surface area (Å²) in [6.45, 7) is 8.50. The van der Waals surface area contributed by atoms with Gasteiger partial charge in [-0.3, -0.25) is 4.79 Å². The molecule has 0 saturated heterocycles. The first-order valence-corrected chi connectivity index (χ1v) is 9.07. The highest BCUT2D eigenvalue weighted by Gasteiger charge is 2.23. The first-order valence-electron chi connectivity index (χ1n) is 9.07. The molecule has 3 rings (SSSR count). The lowest BCUT2D eigenvalue weighted by Crippen LogP contribution is -2.17. The van der Waals surface area contributed by atoms with E-state index in [-0.39, 0.29) is 11.8 Å². The van der Waals surface area contributed by atoms with E-state index in [0.29, 0.717) is 23.7 Å². The summed E-state index contributed by atoms with van der Waals surface area (Å²) in [6.07, 6.45) is 0. The zero-order valence-corrected chi connectivity index (χ0v) is 16.1. The Morgan fingerprint density at radius 3 is 2.67 bits per heavy atom. The molecular weight excluding hydrogens is 340 g/mol. The van der Waals surface area contributed by atoms with Crippen LogP contribution in [0.2, 0.25) is 0 Å². The predicted octanol–water partition coefficient (Wildman–Crippen LogP) is 4.35. The van der Waals surface area contributed by atoms with Gasteiger partial charge < -0.3 is 10.1 Å². The Balaban J connectivity index is 1.96. The van der Waals surface area contributed by atoms with Crippen molar-refractivity contribution >= 4 is 11.6 Å². The Morgan fingerprint density at radius 2 is 1.96 bits per heavy atom. The van der Waals surface area contributed by atoms with E-state index < -0.39 is 0 Å². The van der Waals surface area contributed by atoms with Crippen LogP contribution >= 0.6 is 0 Å². The number of benzene rings is 2. The van der Waals surface area contributed by atoms with Crippen LogP contribution in [0.5, 0.6) is 5.75 Å². The molecule has 0 spiro atoms. The third-order valence-electron chi connectivity index (χ3n) is 4.15. The van der Waals surface area contributed by atoms with Crippen molar-refractivity contribution in [3.8, 4) is 11.4 Å². The van der Waals surface area contributed by atoms with Crippen molar-refractivity contribution in [2.45, 2.75) is 33.6 Å². The molecule has 0 aliphatic rings. The fourth-order valence-corrected chi connectivity index (χ4v) is 2.95. The summed E-state index contributed by atoms with van der Waals surface area (Å²) in [5.41, 5.74) is 3.71. The number of anilines is 1. The normalized spacial score (nSPS) is 10.9. The van der Waals surface area contributed by atoms with E-state index in [1.807, 2.05) is 76.2 Å². The van der Waals surface area contributed by atoms with E-state index in [0.717, 1.165) is 16.9 Å². The summed E-state index contributed by atoms with van der Waals surface area (Å²) in [5.74, 6) is 0.402. The molecule has 1 heterocycles. The van der Waals surface area contributed by atoms with Crippen LogP contribution in [-0.2, 0) is 0 Å². The molecule has 1 aromatic heterocycles. The summed E-state index contributed by atoms with van der Waals surface area (Å²) < 4.78 is 7.32. The van der Waals surface area contributed by atoms with Crippen molar-refractivity contribution < 1.29 is 9.53 Å². The van der Waals surface area contributed by atoms with Crippen LogP contribution in [0.1, 0.15) is 48.4 Å². The SMILES string of the molecule is CCOc1ccccc1NC(=O)c1nnn(-c2cccc(C)c2)c1C(C)C. The number of carbonyl (C=O) groups excluding carboxylic acids is 1. The van der Waals surface area contributed by atoms with E-state index in [2.05, 4.69) is 15.6 Å². The molecule has 0 aliphatic heterocycles. The lowest BCUT2D eigenvalue weighted by atomic mass is 10.1. The maximum atomic E-state index is 12.9. The van der Waals surface area contributed by atoms with E-state index >= 15 is 0 Å². The van der Waals surface area contributed by atoms with Crippen LogP contribution in [0.4, 0.5) is 5.69 Å². The fourth-order valence-electron chi connectivity index (χ4n) is 2.95. The lowest BCUT2D eigenvalue weighted by Gasteiger charge is -2.13. The quantitative estimate of drug-likeness (QED) is 0.706. The fraction of sp³-hybridized carbons (Fsp3) is 0.286. The minimum Gasteiger partial charge on any atom is -0.492 e. The number of aromatic nitrogens is 3. The molecule has 0 saturated carbocycles. The second kappa shape index (κ2) is 8.03. The number of rotatable bonds is 6. The second-order valence-electron chi connectivity index (χ2n) is 6.61. The molecule has 1 amide bonds. The zero-order chi connectivity index (χ0) is 19.4. The molecule has 0 fully saturated rings. The average molecular weight is 364 g/mol. The molecule has 2 aromatic carbocycles. The Kier molecular flexibility index (Phi) is 5.54. The standard InChI is InChI=1S/C21H24N4O2/c1-5-27-18-12-7-6-11-17(18)22-21(26)19-20(14(2)3)25(24-23-19)16-10-8-9-15(4)13-16/h6-14H,5H2,1-4H3,(H,22,26). The lowest BCUT2D eigenvalue weighted by molar-refractivity contribution is 0.102. The number of para-hydroxylation sites is 2. The van der Waals surface area contributed by atoms with E-state index in [4.69, 9.17) is 4.74 Å². The number of amides is 1. The largest absolute Gasteiger partial charge is 0.492 e. The third-order valence-corrected chi connectivity index (χ3v) is 4.15. The van der Waals surface area contributed by atoms with Crippen molar-refractivity contribution in [2.24, 2.45) is 0 Å². The summed E-state index contributed by atoms with van der Waals surface area (Å²) in [6, 6.07) is 15.3. The Labute approximate surface area is 159 Å². The third kappa shape index (κ3) is 4.00. The molecule has 27 heavy (non-hydrogen) atoms. The van der Waals surface area contributed by atoms with Gasteiger partial charge in [0.25, 0.3) is 5.91 Å². The van der Waals surface area contributed by atoms with Crippen molar-refractivity contribution in [3.63, 3.8) is 0 Å². The van der Waals surface area contributed by atoms with Crippen LogP contribution in [0.25, 0.3) is 5.69 Å². The predicted molar refractivity (Wildman–Crippen MR) is 106 cm³/mol. The maximum absolute atomic E-state index is 12.9. The van der Waals surface area contributed by atoms with Gasteiger partial charge in [-0.15, -0.1) is 5.10 Å². The monoisotopic (exact) mass is 364 g/mol. The number of carbonyl (C=O) groups is 1. The van der Waals surface area contributed by atoms with Gasteiger partial charge in [-0.2, -0.15) is 0 Å². The van der Waals surface area contributed by atoms with E-state index in [9.17, 15) is 4.79 Å². The van der Waals surface area contributed by atoms with Crippen LogP contribution in [-0.4, -0.2) is 27.5 Å². The molecule has 140 valence electrons. The highest BCUT2D eigenvalue weighted by Crippen LogP contribution is 2.26. The van der Waals surface area contributed by atoms with Gasteiger partial charge in [-0.05, 0) is 49.6 Å². The van der Waals surface area contributed by atoms with Gasteiger partial charge in [-0.25, -0.2) is 4.68 Å². The Bertz CT molecular complexity index is 947. The summed E-state index contributed by atoms with van der Waals surface area (Å²) in [5, 5.41) is 11.3. The Hall–Kier alpha value is -3.15. The van der Waals surface area contributed by atoms with Crippen LogP contribution in [0.3, 0.4) is 0 Å². The van der Waals surface area contributed by atoms with Crippen molar-refractivity contribution in [1.29, 1.82) is 0 Å². The summed E-state index contributed by atoms with van der Waals surface area (Å²) >= 11 is 0. The summed E-state index contributed by atoms with van der Waals surface area (Å²) in [7, 11) is 0. The van der Waals surface area contributed by atoms with Gasteiger partial charge in [0.2, 0.25) is 0 Å². The van der Waals surface area contributed by atoms with Gasteiger partial charge in [0, 0.05) is 0 Å². The van der Waals surface area contributed by atoms with Gasteiger partial charge >= 0.3 is 0 Å². The number of nitrogens with one attached hydrogen (secondary N) is 1. The number of hydrogen-bond acceptors (Lipinski definition) is 4. The second-order valence-corrected chi connectivity index (χ2v) is 6.61.